The van der Waals surface area contributed by atoms with E-state index in [2.05, 4.69) is 9.97 Å². The zero-order chi connectivity index (χ0) is 26.1. The molecular weight excluding hydrogens is 496 g/mol. The van der Waals surface area contributed by atoms with E-state index in [0.29, 0.717) is 22.3 Å². The van der Waals surface area contributed by atoms with Gasteiger partial charge in [0.15, 0.2) is 23.1 Å². The van der Waals surface area contributed by atoms with Crippen LogP contribution in [0.2, 0.25) is 0 Å². The Balaban J connectivity index is 1.60. The molecule has 7 rings (SSSR count). The number of amides is 1. The highest BCUT2D eigenvalue weighted by Crippen LogP contribution is 2.48. The van der Waals surface area contributed by atoms with Gasteiger partial charge in [-0.05, 0) is 22.8 Å². The summed E-state index contributed by atoms with van der Waals surface area (Å²) in [6.07, 6.45) is 3.56. The number of ether oxygens (including phenoxy) is 1. The summed E-state index contributed by atoms with van der Waals surface area (Å²) < 4.78 is 37.6. The fraction of sp³-hybridized carbons (Fsp3) is 0.185. The van der Waals surface area contributed by atoms with Gasteiger partial charge in [0.1, 0.15) is 12.5 Å². The molecule has 0 spiro atoms. The number of carbonyl (C=O) groups excluding carboxylic acids is 1. The van der Waals surface area contributed by atoms with Crippen molar-refractivity contribution < 1.29 is 23.4 Å². The first-order valence-corrected chi connectivity index (χ1v) is 12.0. The van der Waals surface area contributed by atoms with Crippen molar-refractivity contribution in [1.29, 1.82) is 0 Å². The van der Waals surface area contributed by atoms with Crippen molar-refractivity contribution in [3.8, 4) is 28.1 Å². The number of aromatic nitrogens is 3. The van der Waals surface area contributed by atoms with E-state index in [4.69, 9.17) is 4.74 Å². The molecule has 9 nitrogen and oxygen atoms in total. The van der Waals surface area contributed by atoms with Gasteiger partial charge in [-0.3, -0.25) is 19.3 Å². The SMILES string of the molecule is O=C1c2c(O)c(=O)ccn2N(C2c3ccccc3-c3cncnc3-c3c2ccc(F)c3F)C2COCCN12. The van der Waals surface area contributed by atoms with E-state index in [1.165, 1.54) is 28.2 Å². The van der Waals surface area contributed by atoms with Crippen molar-refractivity contribution in [2.75, 3.05) is 24.8 Å². The number of rotatable bonds is 1. The molecule has 1 N–H and O–H groups in total. The Labute approximate surface area is 214 Å². The third-order valence-corrected chi connectivity index (χ3v) is 7.36. The molecule has 38 heavy (non-hydrogen) atoms. The molecule has 0 bridgehead atoms. The topological polar surface area (TPSA) is 101 Å². The normalized spacial score (nSPS) is 19.6. The van der Waals surface area contributed by atoms with Crippen LogP contribution in [0, 0.1) is 11.6 Å². The molecule has 1 fully saturated rings. The van der Waals surface area contributed by atoms with Crippen LogP contribution in [0.4, 0.5) is 8.78 Å². The molecule has 4 aromatic rings. The van der Waals surface area contributed by atoms with Gasteiger partial charge in [0.2, 0.25) is 5.43 Å². The van der Waals surface area contributed by atoms with Gasteiger partial charge in [-0.2, -0.15) is 0 Å². The minimum absolute atomic E-state index is 0.0319. The van der Waals surface area contributed by atoms with Crippen LogP contribution in [-0.4, -0.2) is 56.5 Å². The Morgan fingerprint density at radius 3 is 2.74 bits per heavy atom. The molecule has 2 aromatic heterocycles. The molecule has 3 aliphatic rings. The lowest BCUT2D eigenvalue weighted by Crippen LogP contribution is -2.66. The van der Waals surface area contributed by atoms with E-state index in [1.807, 2.05) is 24.3 Å². The molecule has 2 unspecified atom stereocenters. The van der Waals surface area contributed by atoms with Crippen LogP contribution in [0.25, 0.3) is 22.4 Å². The molecule has 4 heterocycles. The van der Waals surface area contributed by atoms with E-state index in [1.54, 1.807) is 11.2 Å². The number of halogens is 2. The van der Waals surface area contributed by atoms with Gasteiger partial charge in [0.25, 0.3) is 5.91 Å². The highest BCUT2D eigenvalue weighted by atomic mass is 19.2. The largest absolute Gasteiger partial charge is 0.502 e. The summed E-state index contributed by atoms with van der Waals surface area (Å²) in [4.78, 5) is 35.9. The minimum atomic E-state index is -1.06. The fourth-order valence-electron chi connectivity index (χ4n) is 5.72. The average Bonchev–Trinajstić information content (AvgIpc) is 3.06. The Bertz CT molecular complexity index is 1710. The van der Waals surface area contributed by atoms with Crippen molar-refractivity contribution in [2.45, 2.75) is 12.2 Å². The first kappa shape index (κ1) is 22.5. The van der Waals surface area contributed by atoms with Crippen molar-refractivity contribution in [2.24, 2.45) is 0 Å². The summed E-state index contributed by atoms with van der Waals surface area (Å²) in [7, 11) is 0. The molecule has 2 atom stereocenters. The van der Waals surface area contributed by atoms with E-state index in [-0.39, 0.29) is 36.7 Å². The Hall–Kier alpha value is -4.64. The van der Waals surface area contributed by atoms with Gasteiger partial charge in [-0.15, -0.1) is 0 Å². The predicted octanol–water partition coefficient (Wildman–Crippen LogP) is 2.81. The first-order valence-electron chi connectivity index (χ1n) is 12.0. The third-order valence-electron chi connectivity index (χ3n) is 7.36. The second-order valence-electron chi connectivity index (χ2n) is 9.26. The minimum Gasteiger partial charge on any atom is -0.502 e. The predicted molar refractivity (Wildman–Crippen MR) is 131 cm³/mol. The molecule has 0 radical (unpaired) electrons. The summed E-state index contributed by atoms with van der Waals surface area (Å²) in [5.74, 6) is -3.30. The molecule has 2 aromatic carbocycles. The van der Waals surface area contributed by atoms with Crippen LogP contribution >= 0.6 is 0 Å². The summed E-state index contributed by atoms with van der Waals surface area (Å²) in [5.41, 5.74) is 1.59. The Morgan fingerprint density at radius 2 is 1.87 bits per heavy atom. The number of nitrogens with zero attached hydrogens (tertiary/aromatic N) is 5. The van der Waals surface area contributed by atoms with Crippen LogP contribution in [-0.2, 0) is 4.74 Å². The molecule has 11 heteroatoms. The fourth-order valence-corrected chi connectivity index (χ4v) is 5.72. The van der Waals surface area contributed by atoms with Gasteiger partial charge >= 0.3 is 0 Å². The van der Waals surface area contributed by atoms with Crippen molar-refractivity contribution >= 4 is 5.91 Å². The number of aromatic hydroxyl groups is 1. The number of hydrogen-bond acceptors (Lipinski definition) is 7. The summed E-state index contributed by atoms with van der Waals surface area (Å²) in [6.45, 7) is 0.600. The molecule has 1 aliphatic carbocycles. The van der Waals surface area contributed by atoms with Crippen molar-refractivity contribution in [3.05, 3.63) is 99.9 Å². The standard InChI is InChI=1S/C27H19F2N5O4/c28-18-6-5-16-21(22(18)29)23-17(11-30-13-31-23)14-3-1-2-4-15(14)24(16)34-20-12-38-10-9-32(20)27(37)25-26(36)19(35)7-8-33(25)34/h1-8,11,13,20,24,36H,9-10,12H2. The first-order chi connectivity index (χ1) is 18.5. The Morgan fingerprint density at radius 1 is 1.03 bits per heavy atom. The molecule has 190 valence electrons. The second kappa shape index (κ2) is 8.18. The van der Waals surface area contributed by atoms with Gasteiger partial charge in [-0.25, -0.2) is 18.7 Å². The molecular formula is C27H19F2N5O4. The van der Waals surface area contributed by atoms with Crippen LogP contribution < -0.4 is 10.4 Å². The number of fused-ring (bicyclic) bond motifs is 7. The monoisotopic (exact) mass is 515 g/mol. The lowest BCUT2D eigenvalue weighted by Gasteiger charge is -2.51. The average molecular weight is 515 g/mol. The maximum atomic E-state index is 15.7. The van der Waals surface area contributed by atoms with Crippen LogP contribution in [0.3, 0.4) is 0 Å². The number of morpholine rings is 1. The van der Waals surface area contributed by atoms with E-state index < -0.39 is 40.9 Å². The van der Waals surface area contributed by atoms with Crippen LogP contribution in [0.5, 0.6) is 5.75 Å². The van der Waals surface area contributed by atoms with E-state index in [0.717, 1.165) is 12.1 Å². The molecule has 2 aliphatic heterocycles. The smallest absolute Gasteiger partial charge is 0.278 e. The number of hydrogen-bond donors (Lipinski definition) is 1. The third kappa shape index (κ3) is 2.99. The Kier molecular flexibility index (Phi) is 4.86. The summed E-state index contributed by atoms with van der Waals surface area (Å²) in [5, 5.41) is 12.5. The lowest BCUT2D eigenvalue weighted by molar-refractivity contribution is -0.0196. The van der Waals surface area contributed by atoms with Gasteiger partial charge in [-0.1, -0.05) is 30.3 Å². The van der Waals surface area contributed by atoms with Crippen LogP contribution in [0.15, 0.2) is 66.0 Å². The highest BCUT2D eigenvalue weighted by Gasteiger charge is 2.46. The number of carbonyl (C=O) groups is 1. The van der Waals surface area contributed by atoms with Crippen LogP contribution in [0.1, 0.15) is 27.7 Å². The summed E-state index contributed by atoms with van der Waals surface area (Å²) in [6, 6.07) is 10.3. The maximum Gasteiger partial charge on any atom is 0.278 e. The molecule has 0 saturated carbocycles. The van der Waals surface area contributed by atoms with Gasteiger partial charge in [0, 0.05) is 36.1 Å². The van der Waals surface area contributed by atoms with Crippen molar-refractivity contribution in [1.82, 2.24) is 19.5 Å². The van der Waals surface area contributed by atoms with Crippen molar-refractivity contribution in [3.63, 3.8) is 0 Å². The number of benzene rings is 2. The van der Waals surface area contributed by atoms with Gasteiger partial charge in [0.05, 0.1) is 24.9 Å². The van der Waals surface area contributed by atoms with E-state index >= 15 is 4.39 Å². The van der Waals surface area contributed by atoms with E-state index in [9.17, 15) is 19.1 Å². The zero-order valence-corrected chi connectivity index (χ0v) is 19.7. The summed E-state index contributed by atoms with van der Waals surface area (Å²) >= 11 is 0. The number of pyridine rings is 1. The quantitative estimate of drug-likeness (QED) is 0.416. The second-order valence-corrected chi connectivity index (χ2v) is 9.26. The zero-order valence-electron chi connectivity index (χ0n) is 19.7. The molecule has 1 amide bonds. The highest BCUT2D eigenvalue weighted by molar-refractivity contribution is 5.97. The lowest BCUT2D eigenvalue weighted by atomic mass is 9.92. The van der Waals surface area contributed by atoms with Gasteiger partial charge < -0.3 is 14.7 Å². The maximum absolute atomic E-state index is 15.7. The molecule has 1 saturated heterocycles.